The van der Waals surface area contributed by atoms with E-state index in [0.29, 0.717) is 44.9 Å². The Morgan fingerprint density at radius 3 is 2.91 bits per heavy atom. The van der Waals surface area contributed by atoms with Crippen molar-refractivity contribution in [2.45, 2.75) is 37.8 Å². The van der Waals surface area contributed by atoms with Gasteiger partial charge in [-0.05, 0) is 12.5 Å². The lowest BCUT2D eigenvalue weighted by molar-refractivity contribution is -0.383. The van der Waals surface area contributed by atoms with E-state index in [9.17, 15) is 28.1 Å². The average Bonchev–Trinajstić information content (AvgIpc) is 3.33. The molecular formula is C19H20F3N3O6S. The molecule has 2 aliphatic rings. The molecule has 9 nitrogen and oxygen atoms in total. The number of nitrogens with zero attached hydrogens (tertiary/aromatic N) is 3. The van der Waals surface area contributed by atoms with Crippen molar-refractivity contribution in [3.63, 3.8) is 0 Å². The molecule has 1 spiro atoms. The maximum atomic E-state index is 13.1. The van der Waals surface area contributed by atoms with E-state index < -0.39 is 39.1 Å². The lowest BCUT2D eigenvalue weighted by atomic mass is 10.1. The van der Waals surface area contributed by atoms with Gasteiger partial charge in [0, 0.05) is 25.6 Å². The van der Waals surface area contributed by atoms with Crippen molar-refractivity contribution in [3.8, 4) is 0 Å². The van der Waals surface area contributed by atoms with Crippen LogP contribution in [-0.4, -0.2) is 54.7 Å². The normalized spacial score (nSPS) is 23.5. The van der Waals surface area contributed by atoms with Crippen LogP contribution in [0.4, 0.5) is 24.0 Å². The molecule has 13 heteroatoms. The Bertz CT molecular complexity index is 1090. The summed E-state index contributed by atoms with van der Waals surface area (Å²) in [7, 11) is 0. The van der Waals surface area contributed by atoms with Crippen LogP contribution in [0.5, 0.6) is 0 Å². The van der Waals surface area contributed by atoms with E-state index in [1.165, 1.54) is 0 Å². The lowest BCUT2D eigenvalue weighted by Gasteiger charge is -2.23. The quantitative estimate of drug-likeness (QED) is 0.356. The van der Waals surface area contributed by atoms with Gasteiger partial charge in [0.15, 0.2) is 10.9 Å². The minimum absolute atomic E-state index is 0.155. The number of benzene rings is 1. The van der Waals surface area contributed by atoms with Crippen molar-refractivity contribution in [1.82, 2.24) is 4.98 Å². The monoisotopic (exact) mass is 475 g/mol. The highest BCUT2D eigenvalue weighted by Crippen LogP contribution is 2.40. The van der Waals surface area contributed by atoms with Crippen molar-refractivity contribution in [2.75, 3.05) is 37.8 Å². The third-order valence-corrected chi connectivity index (χ3v) is 6.41. The molecule has 1 aromatic carbocycles. The van der Waals surface area contributed by atoms with Crippen molar-refractivity contribution >= 4 is 32.2 Å². The van der Waals surface area contributed by atoms with Gasteiger partial charge in [-0.15, -0.1) is 0 Å². The molecule has 0 amide bonds. The topological polar surface area (TPSA) is 104 Å². The number of non-ortho nitro benzene ring substituents is 1. The van der Waals surface area contributed by atoms with Crippen molar-refractivity contribution in [2.24, 2.45) is 0 Å². The number of aromatic nitrogens is 1. The van der Waals surface area contributed by atoms with Gasteiger partial charge in [-0.3, -0.25) is 14.9 Å². The maximum absolute atomic E-state index is 13.1. The van der Waals surface area contributed by atoms with Crippen LogP contribution in [0.3, 0.4) is 0 Å². The van der Waals surface area contributed by atoms with Gasteiger partial charge in [-0.25, -0.2) is 0 Å². The summed E-state index contributed by atoms with van der Waals surface area (Å²) in [5.41, 5.74) is -3.00. The first-order chi connectivity index (χ1) is 15.1. The number of nitro groups is 1. The number of anilines is 1. The third kappa shape index (κ3) is 4.42. The van der Waals surface area contributed by atoms with E-state index in [0.717, 1.165) is 17.8 Å². The molecule has 1 unspecified atom stereocenters. The molecule has 0 radical (unpaired) electrons. The van der Waals surface area contributed by atoms with Crippen LogP contribution in [0.15, 0.2) is 16.9 Å². The lowest BCUT2D eigenvalue weighted by Crippen LogP contribution is -2.36. The highest BCUT2D eigenvalue weighted by atomic mass is 32.1. The number of rotatable bonds is 6. The SMILES string of the molecule is CCCOCC1CO[C@@]2(CCN(c3nc(=O)c4cc(C(F)(F)F)cc([N+](=O)[O-])c4s3)C2)O1. The number of ether oxygens (including phenoxy) is 3. The molecule has 0 aliphatic carbocycles. The van der Waals surface area contributed by atoms with Gasteiger partial charge < -0.3 is 19.1 Å². The zero-order chi connectivity index (χ0) is 23.1. The molecule has 2 atom stereocenters. The van der Waals surface area contributed by atoms with Gasteiger partial charge in [0.25, 0.3) is 11.2 Å². The van der Waals surface area contributed by atoms with E-state index in [4.69, 9.17) is 14.2 Å². The molecule has 2 aliphatic heterocycles. The van der Waals surface area contributed by atoms with Crippen LogP contribution in [0, 0.1) is 10.1 Å². The van der Waals surface area contributed by atoms with Crippen LogP contribution in [0.1, 0.15) is 25.3 Å². The summed E-state index contributed by atoms with van der Waals surface area (Å²) in [5.74, 6) is -0.904. The molecular weight excluding hydrogens is 455 g/mol. The second-order valence-corrected chi connectivity index (χ2v) is 8.61. The minimum atomic E-state index is -4.83. The van der Waals surface area contributed by atoms with Crippen molar-refractivity contribution < 1.29 is 32.3 Å². The average molecular weight is 475 g/mol. The fourth-order valence-corrected chi connectivity index (χ4v) is 4.86. The fraction of sp³-hybridized carbons (Fsp3) is 0.579. The molecule has 0 saturated carbocycles. The molecule has 174 valence electrons. The van der Waals surface area contributed by atoms with Gasteiger partial charge in [-0.1, -0.05) is 18.3 Å². The molecule has 2 aromatic rings. The number of hydrogen-bond acceptors (Lipinski definition) is 9. The van der Waals surface area contributed by atoms with E-state index in [1.807, 2.05) is 6.92 Å². The Hall–Kier alpha value is -2.35. The largest absolute Gasteiger partial charge is 0.416 e. The van der Waals surface area contributed by atoms with Crippen molar-refractivity contribution in [3.05, 3.63) is 38.2 Å². The standard InChI is InChI=1S/C19H20F3N3O6S/c1-2-5-29-8-12-9-30-18(31-12)3-4-24(10-18)17-23-16(26)13-6-11(19(20,21)22)7-14(25(27)28)15(13)32-17/h6-7,12H,2-5,8-10H2,1H3/t12?,18-/m0/s1. The highest BCUT2D eigenvalue weighted by Gasteiger charge is 2.47. The Kier molecular flexibility index (Phi) is 6.09. The summed E-state index contributed by atoms with van der Waals surface area (Å²) in [6.07, 6.45) is -3.69. The van der Waals surface area contributed by atoms with E-state index in [-0.39, 0.29) is 22.5 Å². The van der Waals surface area contributed by atoms with Gasteiger partial charge in [0.05, 0.1) is 35.6 Å². The summed E-state index contributed by atoms with van der Waals surface area (Å²) in [6.45, 7) is 4.00. The number of hydrogen-bond donors (Lipinski definition) is 0. The Balaban J connectivity index is 1.62. The number of alkyl halides is 3. The molecule has 2 fully saturated rings. The smallest absolute Gasteiger partial charge is 0.379 e. The third-order valence-electron chi connectivity index (χ3n) is 5.25. The maximum Gasteiger partial charge on any atom is 0.416 e. The molecule has 32 heavy (non-hydrogen) atoms. The Morgan fingerprint density at radius 1 is 1.44 bits per heavy atom. The molecule has 4 rings (SSSR count). The first-order valence-corrected chi connectivity index (χ1v) is 10.8. The van der Waals surface area contributed by atoms with Gasteiger partial charge >= 0.3 is 6.18 Å². The minimum Gasteiger partial charge on any atom is -0.379 e. The Morgan fingerprint density at radius 2 is 2.22 bits per heavy atom. The first kappa shape index (κ1) is 22.8. The van der Waals surface area contributed by atoms with E-state index in [2.05, 4.69) is 4.98 Å². The van der Waals surface area contributed by atoms with Gasteiger partial charge in [0.2, 0.25) is 0 Å². The van der Waals surface area contributed by atoms with Crippen LogP contribution >= 0.6 is 11.3 Å². The van der Waals surface area contributed by atoms with Crippen LogP contribution in [-0.2, 0) is 20.4 Å². The zero-order valence-corrected chi connectivity index (χ0v) is 17.8. The number of halogens is 3. The first-order valence-electron chi connectivity index (χ1n) is 9.97. The van der Waals surface area contributed by atoms with Crippen LogP contribution in [0.2, 0.25) is 0 Å². The predicted octanol–water partition coefficient (Wildman–Crippen LogP) is 3.33. The van der Waals surface area contributed by atoms with Crippen molar-refractivity contribution in [1.29, 1.82) is 0 Å². The molecule has 0 bridgehead atoms. The van der Waals surface area contributed by atoms with E-state index >= 15 is 0 Å². The highest BCUT2D eigenvalue weighted by molar-refractivity contribution is 7.22. The molecule has 0 N–H and O–H groups in total. The predicted molar refractivity (Wildman–Crippen MR) is 109 cm³/mol. The second kappa shape index (κ2) is 8.54. The second-order valence-electron chi connectivity index (χ2n) is 7.64. The van der Waals surface area contributed by atoms with Crippen LogP contribution in [0.25, 0.3) is 10.1 Å². The van der Waals surface area contributed by atoms with Gasteiger partial charge in [0.1, 0.15) is 10.8 Å². The Labute approximate surface area is 183 Å². The van der Waals surface area contributed by atoms with E-state index in [1.54, 1.807) is 4.90 Å². The fourth-order valence-electron chi connectivity index (χ4n) is 3.76. The number of fused-ring (bicyclic) bond motifs is 1. The van der Waals surface area contributed by atoms with Gasteiger partial charge in [-0.2, -0.15) is 18.2 Å². The summed E-state index contributed by atoms with van der Waals surface area (Å²) in [6, 6.07) is 1.05. The molecule has 3 heterocycles. The van der Waals surface area contributed by atoms with Crippen LogP contribution < -0.4 is 10.5 Å². The zero-order valence-electron chi connectivity index (χ0n) is 17.0. The summed E-state index contributed by atoms with van der Waals surface area (Å²) in [5, 5.41) is 11.2. The molecule has 1 aromatic heterocycles. The number of nitro benzene ring substituents is 1. The summed E-state index contributed by atoms with van der Waals surface area (Å²) in [4.78, 5) is 28.6. The summed E-state index contributed by atoms with van der Waals surface area (Å²) < 4.78 is 56.6. The molecule has 2 saturated heterocycles. The summed E-state index contributed by atoms with van der Waals surface area (Å²) >= 11 is 0.802.